The molecule has 1 aromatic rings. The molecule has 0 aliphatic rings. The SMILES string of the molecule is CCC[SiH2]c1c(C)cc(C)c(S(=O)(=O)O)c1C. The van der Waals surface area contributed by atoms with E-state index in [-0.39, 0.29) is 4.90 Å². The van der Waals surface area contributed by atoms with Gasteiger partial charge < -0.3 is 0 Å². The molecule has 5 heteroatoms. The minimum atomic E-state index is -4.11. The molecule has 17 heavy (non-hydrogen) atoms. The van der Waals surface area contributed by atoms with Crippen LogP contribution in [0.15, 0.2) is 11.0 Å². The van der Waals surface area contributed by atoms with Gasteiger partial charge in [-0.25, -0.2) is 0 Å². The zero-order chi connectivity index (χ0) is 13.2. The van der Waals surface area contributed by atoms with Gasteiger partial charge in [0.05, 0.1) is 14.4 Å². The van der Waals surface area contributed by atoms with Crippen LogP contribution in [0.1, 0.15) is 30.0 Å². The summed E-state index contributed by atoms with van der Waals surface area (Å²) in [6.45, 7) is 7.69. The van der Waals surface area contributed by atoms with Crippen molar-refractivity contribution < 1.29 is 13.0 Å². The van der Waals surface area contributed by atoms with Crippen molar-refractivity contribution in [2.24, 2.45) is 0 Å². The lowest BCUT2D eigenvalue weighted by molar-refractivity contribution is 0.482. The summed E-state index contributed by atoms with van der Waals surface area (Å²) in [5.74, 6) is 0. The van der Waals surface area contributed by atoms with Gasteiger partial charge in [0.2, 0.25) is 0 Å². The number of hydrogen-bond acceptors (Lipinski definition) is 2. The fourth-order valence-electron chi connectivity index (χ4n) is 2.34. The topological polar surface area (TPSA) is 54.4 Å². The van der Waals surface area contributed by atoms with Crippen molar-refractivity contribution in [2.75, 3.05) is 0 Å². The first kappa shape index (κ1) is 14.4. The summed E-state index contributed by atoms with van der Waals surface area (Å²) >= 11 is 0. The highest BCUT2D eigenvalue weighted by Crippen LogP contribution is 2.20. The van der Waals surface area contributed by atoms with E-state index >= 15 is 0 Å². The molecule has 1 N–H and O–H groups in total. The Kier molecular flexibility index (Phi) is 4.52. The lowest BCUT2D eigenvalue weighted by Gasteiger charge is -2.15. The number of rotatable bonds is 4. The minimum absolute atomic E-state index is 0.113. The van der Waals surface area contributed by atoms with Crippen LogP contribution in [0.5, 0.6) is 0 Å². The van der Waals surface area contributed by atoms with Gasteiger partial charge >= 0.3 is 0 Å². The first-order valence-corrected chi connectivity index (χ1v) is 9.01. The highest BCUT2D eigenvalue weighted by molar-refractivity contribution is 7.86. The lowest BCUT2D eigenvalue weighted by Crippen LogP contribution is -2.24. The standard InChI is InChI=1S/C12H20O3SSi/c1-5-6-17-12-9(3)7-8(2)11(10(12)4)16(13,14)15/h7H,5-6,17H2,1-4H3,(H,13,14,15). The maximum absolute atomic E-state index is 11.4. The van der Waals surface area contributed by atoms with Crippen LogP contribution in [0.4, 0.5) is 0 Å². The Hall–Kier alpha value is -0.653. The van der Waals surface area contributed by atoms with E-state index in [9.17, 15) is 13.0 Å². The largest absolute Gasteiger partial charge is 0.295 e. The molecule has 96 valence electrons. The van der Waals surface area contributed by atoms with Crippen molar-refractivity contribution >= 4 is 24.8 Å². The number of aryl methyl sites for hydroxylation is 2. The molecule has 1 rings (SSSR count). The Morgan fingerprint density at radius 1 is 1.24 bits per heavy atom. The van der Waals surface area contributed by atoms with Crippen molar-refractivity contribution in [3.8, 4) is 0 Å². The van der Waals surface area contributed by atoms with Crippen molar-refractivity contribution in [2.45, 2.75) is 45.1 Å². The molecule has 1 aromatic carbocycles. The van der Waals surface area contributed by atoms with Gasteiger partial charge in [-0.2, -0.15) is 8.42 Å². The van der Waals surface area contributed by atoms with Crippen molar-refractivity contribution in [3.63, 3.8) is 0 Å². The minimum Gasteiger partial charge on any atom is -0.282 e. The van der Waals surface area contributed by atoms with Crippen LogP contribution in [0.25, 0.3) is 0 Å². The Balaban J connectivity index is 3.43. The molecule has 0 aromatic heterocycles. The molecule has 0 saturated carbocycles. The molecular formula is C12H20O3SSi. The van der Waals surface area contributed by atoms with Crippen LogP contribution in [0.3, 0.4) is 0 Å². The van der Waals surface area contributed by atoms with Crippen LogP contribution in [-0.4, -0.2) is 22.5 Å². The third kappa shape index (κ3) is 3.17. The van der Waals surface area contributed by atoms with E-state index in [2.05, 4.69) is 6.92 Å². The van der Waals surface area contributed by atoms with E-state index in [0.29, 0.717) is 5.56 Å². The van der Waals surface area contributed by atoms with E-state index < -0.39 is 19.6 Å². The Bertz CT molecular complexity index is 521. The average molecular weight is 272 g/mol. The summed E-state index contributed by atoms with van der Waals surface area (Å²) < 4.78 is 32.0. The molecule has 0 bridgehead atoms. The second-order valence-electron chi connectivity index (χ2n) is 4.52. The van der Waals surface area contributed by atoms with Gasteiger partial charge in [0.15, 0.2) is 0 Å². The molecule has 0 radical (unpaired) electrons. The van der Waals surface area contributed by atoms with E-state index in [1.165, 1.54) is 5.19 Å². The molecule has 0 fully saturated rings. The van der Waals surface area contributed by atoms with Gasteiger partial charge in [0.25, 0.3) is 10.1 Å². The third-order valence-electron chi connectivity index (χ3n) is 3.10. The number of benzene rings is 1. The molecule has 0 amide bonds. The summed E-state index contributed by atoms with van der Waals surface area (Å²) in [7, 11) is -4.55. The summed E-state index contributed by atoms with van der Waals surface area (Å²) in [5, 5.41) is 1.19. The van der Waals surface area contributed by atoms with E-state index in [1.54, 1.807) is 13.8 Å². The lowest BCUT2D eigenvalue weighted by atomic mass is 10.1. The van der Waals surface area contributed by atoms with E-state index in [1.807, 2.05) is 13.0 Å². The quantitative estimate of drug-likeness (QED) is 0.667. The second kappa shape index (κ2) is 5.33. The van der Waals surface area contributed by atoms with E-state index in [4.69, 9.17) is 0 Å². The highest BCUT2D eigenvalue weighted by atomic mass is 32.2. The normalized spacial score (nSPS) is 12.5. The second-order valence-corrected chi connectivity index (χ2v) is 7.79. The predicted molar refractivity (Wildman–Crippen MR) is 73.7 cm³/mol. The maximum Gasteiger partial charge on any atom is 0.295 e. The molecule has 0 aliphatic carbocycles. The van der Waals surface area contributed by atoms with Crippen molar-refractivity contribution in [1.82, 2.24) is 0 Å². The van der Waals surface area contributed by atoms with Gasteiger partial charge in [0, 0.05) is 0 Å². The maximum atomic E-state index is 11.4. The highest BCUT2D eigenvalue weighted by Gasteiger charge is 2.19. The molecule has 0 saturated heterocycles. The summed E-state index contributed by atoms with van der Waals surface area (Å²) in [4.78, 5) is 0.113. The predicted octanol–water partition coefficient (Wildman–Crippen LogP) is 1.48. The van der Waals surface area contributed by atoms with Crippen molar-refractivity contribution in [1.29, 1.82) is 0 Å². The summed E-state index contributed by atoms with van der Waals surface area (Å²) in [5.41, 5.74) is 2.55. The zero-order valence-electron chi connectivity index (χ0n) is 10.9. The van der Waals surface area contributed by atoms with Crippen LogP contribution in [0, 0.1) is 20.8 Å². The Morgan fingerprint density at radius 2 is 1.82 bits per heavy atom. The molecular weight excluding hydrogens is 252 g/mol. The zero-order valence-corrected chi connectivity index (χ0v) is 13.1. The van der Waals surface area contributed by atoms with Gasteiger partial charge in [-0.3, -0.25) is 4.55 Å². The van der Waals surface area contributed by atoms with Crippen LogP contribution >= 0.6 is 0 Å². The Labute approximate surface area is 106 Å². The van der Waals surface area contributed by atoms with Crippen LogP contribution < -0.4 is 5.19 Å². The monoisotopic (exact) mass is 272 g/mol. The third-order valence-corrected chi connectivity index (χ3v) is 6.89. The molecule has 0 aliphatic heterocycles. The molecule has 0 atom stereocenters. The first-order valence-electron chi connectivity index (χ1n) is 5.86. The van der Waals surface area contributed by atoms with Crippen LogP contribution in [-0.2, 0) is 10.1 Å². The fourth-order valence-corrected chi connectivity index (χ4v) is 5.20. The molecule has 3 nitrogen and oxygen atoms in total. The molecule has 0 spiro atoms. The molecule has 0 heterocycles. The van der Waals surface area contributed by atoms with Gasteiger partial charge in [0.1, 0.15) is 0 Å². The summed E-state index contributed by atoms with van der Waals surface area (Å²) in [6.07, 6.45) is 1.13. The van der Waals surface area contributed by atoms with Gasteiger partial charge in [-0.1, -0.05) is 36.2 Å². The average Bonchev–Trinajstić information content (AvgIpc) is 2.14. The molecule has 0 unspecified atom stereocenters. The fraction of sp³-hybridized carbons (Fsp3) is 0.500. The van der Waals surface area contributed by atoms with E-state index in [0.717, 1.165) is 23.6 Å². The number of hydrogen-bond donors (Lipinski definition) is 1. The van der Waals surface area contributed by atoms with Gasteiger partial charge in [-0.05, 0) is 31.9 Å². The van der Waals surface area contributed by atoms with Crippen molar-refractivity contribution in [3.05, 3.63) is 22.8 Å². The smallest absolute Gasteiger partial charge is 0.282 e. The van der Waals surface area contributed by atoms with Crippen LogP contribution in [0.2, 0.25) is 6.04 Å². The van der Waals surface area contributed by atoms with Gasteiger partial charge in [-0.15, -0.1) is 0 Å². The Morgan fingerprint density at radius 3 is 2.29 bits per heavy atom. The summed E-state index contributed by atoms with van der Waals surface area (Å²) in [6, 6.07) is 3.03. The first-order chi connectivity index (χ1) is 7.79.